The molecule has 6 nitrogen and oxygen atoms in total. The highest BCUT2D eigenvalue weighted by Gasteiger charge is 2.25. The van der Waals surface area contributed by atoms with Crippen molar-refractivity contribution >= 4 is 23.1 Å². The maximum absolute atomic E-state index is 10.0. The number of halogens is 1. The first-order valence-corrected chi connectivity index (χ1v) is 8.88. The predicted molar refractivity (Wildman–Crippen MR) is 99.2 cm³/mol. The number of rotatable bonds is 4. The van der Waals surface area contributed by atoms with Crippen molar-refractivity contribution in [2.75, 3.05) is 37.6 Å². The molecule has 0 aromatic carbocycles. The molecule has 0 bridgehead atoms. The fraction of sp³-hybridized carbons (Fsp3) is 0.611. The maximum atomic E-state index is 10.0. The van der Waals surface area contributed by atoms with E-state index in [1.54, 1.807) is 0 Å². The monoisotopic (exact) mass is 361 g/mol. The van der Waals surface area contributed by atoms with Crippen LogP contribution in [0.5, 0.6) is 0 Å². The third kappa shape index (κ3) is 4.61. The molecule has 7 heteroatoms. The van der Waals surface area contributed by atoms with Gasteiger partial charge in [-0.25, -0.2) is 9.83 Å². The van der Waals surface area contributed by atoms with Gasteiger partial charge in [-0.3, -0.25) is 4.90 Å². The van der Waals surface area contributed by atoms with Gasteiger partial charge in [0.1, 0.15) is 17.0 Å². The lowest BCUT2D eigenvalue weighted by molar-refractivity contribution is 0.0385. The Balaban J connectivity index is 2.32. The number of pyridine rings is 1. The smallest absolute Gasteiger partial charge is 0.232 e. The number of anilines is 1. The number of hydrogen-bond donors (Lipinski definition) is 1. The Morgan fingerprint density at radius 3 is 2.64 bits per heavy atom. The lowest BCUT2D eigenvalue weighted by Gasteiger charge is -2.28. The van der Waals surface area contributed by atoms with Gasteiger partial charge in [0.15, 0.2) is 0 Å². The fourth-order valence-corrected chi connectivity index (χ4v) is 3.50. The molecule has 0 unspecified atom stereocenters. The van der Waals surface area contributed by atoms with Crippen molar-refractivity contribution in [1.82, 2.24) is 9.88 Å². The van der Waals surface area contributed by atoms with Gasteiger partial charge in [-0.1, -0.05) is 18.5 Å². The van der Waals surface area contributed by atoms with Gasteiger partial charge in [-0.05, 0) is 32.3 Å². The molecule has 2 heterocycles. The summed E-state index contributed by atoms with van der Waals surface area (Å²) in [6, 6.07) is 2.07. The van der Waals surface area contributed by atoms with Gasteiger partial charge in [0, 0.05) is 32.7 Å². The van der Waals surface area contributed by atoms with Crippen LogP contribution in [0.3, 0.4) is 0 Å². The molecule has 25 heavy (non-hydrogen) atoms. The molecule has 2 rings (SSSR count). The van der Waals surface area contributed by atoms with E-state index in [0.29, 0.717) is 42.1 Å². The molecule has 0 atom stereocenters. The molecule has 0 amide bonds. The molecule has 1 N–H and O–H groups in total. The molecule has 1 saturated heterocycles. The van der Waals surface area contributed by atoms with Crippen molar-refractivity contribution in [2.24, 2.45) is 0 Å². The first kappa shape index (κ1) is 19.5. The van der Waals surface area contributed by atoms with Crippen LogP contribution in [0.4, 0.5) is 11.5 Å². The van der Waals surface area contributed by atoms with Crippen LogP contribution in [0.2, 0.25) is 5.15 Å². The van der Waals surface area contributed by atoms with Gasteiger partial charge in [0.25, 0.3) is 0 Å². The second kappa shape index (κ2) is 8.01. The van der Waals surface area contributed by atoms with Gasteiger partial charge in [-0.15, -0.1) is 0 Å². The van der Waals surface area contributed by atoms with Crippen LogP contribution >= 0.6 is 11.6 Å². The minimum atomic E-state index is -0.734. The normalized spacial score (nSPS) is 16.2. The molecule has 1 aromatic heterocycles. The van der Waals surface area contributed by atoms with E-state index in [9.17, 15) is 10.4 Å². The highest BCUT2D eigenvalue weighted by Crippen LogP contribution is 2.36. The van der Waals surface area contributed by atoms with Gasteiger partial charge in [0.2, 0.25) is 5.69 Å². The van der Waals surface area contributed by atoms with Crippen LogP contribution in [0.15, 0.2) is 0 Å². The highest BCUT2D eigenvalue weighted by atomic mass is 35.5. The molecule has 0 aliphatic carbocycles. The van der Waals surface area contributed by atoms with Crippen molar-refractivity contribution < 1.29 is 5.11 Å². The molecule has 0 spiro atoms. The van der Waals surface area contributed by atoms with Crippen molar-refractivity contribution in [3.05, 3.63) is 27.7 Å². The van der Waals surface area contributed by atoms with Crippen molar-refractivity contribution in [3.63, 3.8) is 0 Å². The highest BCUT2D eigenvalue weighted by molar-refractivity contribution is 6.31. The molecular formula is C18H24ClN5O. The average Bonchev–Trinajstić information content (AvgIpc) is 2.77. The Bertz CT molecular complexity index is 714. The molecule has 1 fully saturated rings. The van der Waals surface area contributed by atoms with E-state index in [0.717, 1.165) is 26.1 Å². The largest absolute Gasteiger partial charge is 0.389 e. The van der Waals surface area contributed by atoms with E-state index < -0.39 is 5.60 Å². The molecule has 0 radical (unpaired) electrons. The van der Waals surface area contributed by atoms with E-state index >= 15 is 0 Å². The summed E-state index contributed by atoms with van der Waals surface area (Å²) >= 11 is 6.21. The van der Waals surface area contributed by atoms with E-state index in [-0.39, 0.29) is 5.15 Å². The number of aliphatic hydroxyl groups is 1. The summed E-state index contributed by atoms with van der Waals surface area (Å²) in [7, 11) is 0. The van der Waals surface area contributed by atoms with E-state index in [4.69, 9.17) is 18.2 Å². The summed E-state index contributed by atoms with van der Waals surface area (Å²) in [6.45, 7) is 16.8. The average molecular weight is 362 g/mol. The van der Waals surface area contributed by atoms with Crippen LogP contribution in [-0.4, -0.2) is 53.3 Å². The van der Waals surface area contributed by atoms with Crippen LogP contribution < -0.4 is 4.90 Å². The SMILES string of the molecule is [C-]#[N+]c1c(N2CCCN(CC(C)(C)O)CC2)nc(Cl)c(C#N)c1CC. The van der Waals surface area contributed by atoms with Crippen LogP contribution in [0.25, 0.3) is 4.85 Å². The Kier molecular flexibility index (Phi) is 6.24. The Morgan fingerprint density at radius 2 is 2.08 bits per heavy atom. The fourth-order valence-electron chi connectivity index (χ4n) is 3.26. The minimum absolute atomic E-state index is 0.166. The summed E-state index contributed by atoms with van der Waals surface area (Å²) in [6.07, 6.45) is 1.47. The topological polar surface area (TPSA) is 67.8 Å². The Hall–Kier alpha value is -1.86. The molecular weight excluding hydrogens is 338 g/mol. The zero-order chi connectivity index (χ0) is 18.6. The predicted octanol–water partition coefficient (Wildman–Crippen LogP) is 3.00. The van der Waals surface area contributed by atoms with Gasteiger partial charge in [-0.2, -0.15) is 5.26 Å². The summed E-state index contributed by atoms with van der Waals surface area (Å²) in [5, 5.41) is 19.5. The van der Waals surface area contributed by atoms with Crippen LogP contribution in [0, 0.1) is 17.9 Å². The maximum Gasteiger partial charge on any atom is 0.232 e. The Morgan fingerprint density at radius 1 is 1.36 bits per heavy atom. The third-order valence-electron chi connectivity index (χ3n) is 4.29. The quantitative estimate of drug-likeness (QED) is 0.659. The molecule has 134 valence electrons. The minimum Gasteiger partial charge on any atom is -0.389 e. The van der Waals surface area contributed by atoms with E-state index in [1.807, 2.05) is 20.8 Å². The molecule has 0 saturated carbocycles. The number of aromatic nitrogens is 1. The van der Waals surface area contributed by atoms with Crippen molar-refractivity contribution in [2.45, 2.75) is 39.2 Å². The van der Waals surface area contributed by atoms with Crippen LogP contribution in [0.1, 0.15) is 38.3 Å². The first-order valence-electron chi connectivity index (χ1n) is 8.50. The van der Waals surface area contributed by atoms with E-state index in [1.165, 1.54) is 0 Å². The Labute approximate surface area is 154 Å². The third-order valence-corrected chi connectivity index (χ3v) is 4.56. The van der Waals surface area contributed by atoms with E-state index in [2.05, 4.69) is 25.7 Å². The molecule has 1 aliphatic heterocycles. The van der Waals surface area contributed by atoms with Gasteiger partial charge in [0.05, 0.1) is 17.7 Å². The number of hydrogen-bond acceptors (Lipinski definition) is 5. The zero-order valence-corrected chi connectivity index (χ0v) is 15.8. The summed E-state index contributed by atoms with van der Waals surface area (Å²) in [5.74, 6) is 0.570. The van der Waals surface area contributed by atoms with Crippen LogP contribution in [-0.2, 0) is 6.42 Å². The van der Waals surface area contributed by atoms with Crippen molar-refractivity contribution in [3.8, 4) is 6.07 Å². The second-order valence-corrected chi connectivity index (χ2v) is 7.29. The van der Waals surface area contributed by atoms with Crippen molar-refractivity contribution in [1.29, 1.82) is 5.26 Å². The zero-order valence-electron chi connectivity index (χ0n) is 15.0. The first-order chi connectivity index (χ1) is 11.8. The lowest BCUT2D eigenvalue weighted by atomic mass is 10.1. The summed E-state index contributed by atoms with van der Waals surface area (Å²) < 4.78 is 0. The number of nitrogens with zero attached hydrogens (tertiary/aromatic N) is 5. The molecule has 1 aromatic rings. The van der Waals surface area contributed by atoms with Gasteiger partial charge >= 0.3 is 0 Å². The number of β-amino-alcohol motifs (C(OH)–C–C–N with tert-alkyl or cyclic N) is 1. The molecule has 1 aliphatic rings. The summed E-state index contributed by atoms with van der Waals surface area (Å²) in [4.78, 5) is 12.3. The second-order valence-electron chi connectivity index (χ2n) is 6.93. The number of nitriles is 1. The summed E-state index contributed by atoms with van der Waals surface area (Å²) in [5.41, 5.74) is 0.671. The van der Waals surface area contributed by atoms with Gasteiger partial charge < -0.3 is 10.0 Å². The lowest BCUT2D eigenvalue weighted by Crippen LogP contribution is -2.40. The standard InChI is InChI=1S/C18H24ClN5O/c1-5-13-14(11-20)16(19)22-17(15(13)21-4)24-8-6-7-23(9-10-24)12-18(2,3)25/h25H,5-10,12H2,1-3H3.